The highest BCUT2D eigenvalue weighted by molar-refractivity contribution is 5.32. The summed E-state index contributed by atoms with van der Waals surface area (Å²) in [5.74, 6) is 0.937. The van der Waals surface area contributed by atoms with Crippen LogP contribution in [0.1, 0.15) is 5.56 Å². The predicted octanol–water partition coefficient (Wildman–Crippen LogP) is 0.550. The Bertz CT molecular complexity index is 223. The van der Waals surface area contributed by atoms with Crippen LogP contribution in [0.15, 0.2) is 24.3 Å². The van der Waals surface area contributed by atoms with Crippen LogP contribution >= 0.6 is 0 Å². The number of hydrogen-bond acceptors (Lipinski definition) is 1. The zero-order chi connectivity index (χ0) is 8.10. The molecule has 1 aromatic carbocycles. The quantitative estimate of drug-likeness (QED) is 0.627. The fourth-order valence-corrected chi connectivity index (χ4v) is 1.03. The number of ether oxygens (including phenoxy) is 1. The van der Waals surface area contributed by atoms with E-state index in [1.165, 1.54) is 5.56 Å². The van der Waals surface area contributed by atoms with Crippen LogP contribution in [0.4, 0.5) is 0 Å². The molecule has 0 saturated carbocycles. The van der Waals surface area contributed by atoms with Crippen molar-refractivity contribution in [2.75, 3.05) is 7.11 Å². The molecule has 0 aliphatic heterocycles. The number of hydrogen-bond donors (Lipinski definition) is 1. The molecule has 0 aliphatic carbocycles. The van der Waals surface area contributed by atoms with Crippen molar-refractivity contribution in [3.63, 3.8) is 0 Å². The van der Waals surface area contributed by atoms with Crippen molar-refractivity contribution in [3.05, 3.63) is 36.9 Å². The summed E-state index contributed by atoms with van der Waals surface area (Å²) in [6.07, 6.45) is 0. The zero-order valence-corrected chi connectivity index (χ0v) is 6.71. The van der Waals surface area contributed by atoms with Gasteiger partial charge in [0.15, 0.2) is 0 Å². The molecule has 2 nitrogen and oxygen atoms in total. The molecular weight excluding hydrogens is 138 g/mol. The third kappa shape index (κ3) is 1.95. The smallest absolute Gasteiger partial charge is 0.127 e. The van der Waals surface area contributed by atoms with Crippen LogP contribution in [0.2, 0.25) is 0 Å². The molecule has 2 heteroatoms. The normalized spacial score (nSPS) is 9.64. The van der Waals surface area contributed by atoms with E-state index in [1.54, 1.807) is 7.11 Å². The Balaban J connectivity index is 2.83. The molecule has 0 aliphatic rings. The number of para-hydroxylation sites is 1. The molecule has 0 unspecified atom stereocenters. The van der Waals surface area contributed by atoms with E-state index in [2.05, 4.69) is 7.05 Å². The number of nitrogens with two attached hydrogens (primary N) is 1. The summed E-state index contributed by atoms with van der Waals surface area (Å²) in [5, 5.41) is 1.87. The van der Waals surface area contributed by atoms with Gasteiger partial charge < -0.3 is 10.1 Å². The summed E-state index contributed by atoms with van der Waals surface area (Å²) in [6.45, 7) is 0.865. The summed E-state index contributed by atoms with van der Waals surface area (Å²) < 4.78 is 5.15. The number of methoxy groups -OCH3 is 1. The Kier molecular flexibility index (Phi) is 2.93. The molecule has 1 aromatic rings. The van der Waals surface area contributed by atoms with E-state index in [0.717, 1.165) is 12.3 Å². The Morgan fingerprint density at radius 2 is 2.18 bits per heavy atom. The van der Waals surface area contributed by atoms with Crippen LogP contribution in [-0.4, -0.2) is 7.11 Å². The maximum Gasteiger partial charge on any atom is 0.127 e. The standard InChI is InChI=1S/C9H13NO/c1-10-7-8-5-3-4-6-9(8)11-2/h3-6H,1,7,10H2,2H3. The van der Waals surface area contributed by atoms with E-state index in [9.17, 15) is 0 Å². The molecule has 1 rings (SSSR count). The second kappa shape index (κ2) is 3.98. The largest absolute Gasteiger partial charge is 0.496 e. The molecule has 0 atom stereocenters. The monoisotopic (exact) mass is 151 g/mol. The van der Waals surface area contributed by atoms with E-state index in [0.29, 0.717) is 0 Å². The summed E-state index contributed by atoms with van der Waals surface area (Å²) in [5.41, 5.74) is 1.19. The lowest BCUT2D eigenvalue weighted by molar-refractivity contribution is -0.612. The molecule has 0 saturated heterocycles. The van der Waals surface area contributed by atoms with E-state index >= 15 is 0 Å². The van der Waals surface area contributed by atoms with Gasteiger partial charge in [0.1, 0.15) is 5.75 Å². The average Bonchev–Trinajstić information content (AvgIpc) is 2.06. The molecule has 0 fully saturated rings. The first-order chi connectivity index (χ1) is 5.38. The Morgan fingerprint density at radius 1 is 1.45 bits per heavy atom. The van der Waals surface area contributed by atoms with Crippen molar-refractivity contribution in [3.8, 4) is 5.75 Å². The minimum atomic E-state index is 0.865. The first-order valence-corrected chi connectivity index (χ1v) is 3.61. The summed E-state index contributed by atoms with van der Waals surface area (Å²) in [6, 6.07) is 7.96. The maximum atomic E-state index is 5.15. The van der Waals surface area contributed by atoms with E-state index in [4.69, 9.17) is 4.74 Å². The number of benzene rings is 1. The predicted molar refractivity (Wildman–Crippen MR) is 44.0 cm³/mol. The minimum absolute atomic E-state index is 0.865. The van der Waals surface area contributed by atoms with E-state index in [1.807, 2.05) is 29.6 Å². The van der Waals surface area contributed by atoms with Gasteiger partial charge in [-0.25, -0.2) is 0 Å². The van der Waals surface area contributed by atoms with Crippen molar-refractivity contribution >= 4 is 0 Å². The highest BCUT2D eigenvalue weighted by Gasteiger charge is 1.98. The first-order valence-electron chi connectivity index (χ1n) is 3.61. The molecule has 0 heterocycles. The number of quaternary nitrogens is 1. The van der Waals surface area contributed by atoms with Crippen LogP contribution in [0, 0.1) is 7.05 Å². The second-order valence-electron chi connectivity index (χ2n) is 2.30. The highest BCUT2D eigenvalue weighted by atomic mass is 16.5. The van der Waals surface area contributed by atoms with Gasteiger partial charge in [-0.15, -0.1) is 0 Å². The lowest BCUT2D eigenvalue weighted by Gasteiger charge is -2.06. The lowest BCUT2D eigenvalue weighted by Crippen LogP contribution is -2.74. The lowest BCUT2D eigenvalue weighted by atomic mass is 10.2. The van der Waals surface area contributed by atoms with Crippen molar-refractivity contribution in [2.24, 2.45) is 0 Å². The van der Waals surface area contributed by atoms with Gasteiger partial charge in [-0.2, -0.15) is 7.05 Å². The minimum Gasteiger partial charge on any atom is -0.496 e. The van der Waals surface area contributed by atoms with Crippen molar-refractivity contribution in [1.29, 1.82) is 0 Å². The third-order valence-electron chi connectivity index (χ3n) is 1.56. The average molecular weight is 151 g/mol. The van der Waals surface area contributed by atoms with E-state index in [-0.39, 0.29) is 0 Å². The highest BCUT2D eigenvalue weighted by Crippen LogP contribution is 2.15. The van der Waals surface area contributed by atoms with Crippen LogP contribution in [0.5, 0.6) is 5.75 Å². The van der Waals surface area contributed by atoms with Gasteiger partial charge in [0.2, 0.25) is 0 Å². The zero-order valence-electron chi connectivity index (χ0n) is 6.71. The van der Waals surface area contributed by atoms with Crippen molar-refractivity contribution in [2.45, 2.75) is 6.54 Å². The molecule has 0 aromatic heterocycles. The summed E-state index contributed by atoms with van der Waals surface area (Å²) in [4.78, 5) is 0. The SMILES string of the molecule is [CH2-][NH2+]Cc1ccccc1OC. The van der Waals surface area contributed by atoms with Gasteiger partial charge in [-0.1, -0.05) is 12.1 Å². The van der Waals surface area contributed by atoms with Crippen LogP contribution in [0.25, 0.3) is 0 Å². The van der Waals surface area contributed by atoms with Crippen LogP contribution in [-0.2, 0) is 6.54 Å². The fourth-order valence-electron chi connectivity index (χ4n) is 1.03. The fraction of sp³-hybridized carbons (Fsp3) is 0.222. The van der Waals surface area contributed by atoms with Gasteiger partial charge >= 0.3 is 0 Å². The van der Waals surface area contributed by atoms with Gasteiger partial charge in [-0.05, 0) is 12.1 Å². The summed E-state index contributed by atoms with van der Waals surface area (Å²) >= 11 is 0. The first kappa shape index (κ1) is 8.08. The molecule has 2 N–H and O–H groups in total. The topological polar surface area (TPSA) is 25.8 Å². The van der Waals surface area contributed by atoms with Gasteiger partial charge in [0, 0.05) is 5.56 Å². The summed E-state index contributed by atoms with van der Waals surface area (Å²) in [7, 11) is 5.36. The molecule has 0 bridgehead atoms. The van der Waals surface area contributed by atoms with Crippen molar-refractivity contribution < 1.29 is 10.1 Å². The van der Waals surface area contributed by atoms with Gasteiger partial charge in [-0.3, -0.25) is 0 Å². The molecule has 0 radical (unpaired) electrons. The van der Waals surface area contributed by atoms with Crippen LogP contribution in [0.3, 0.4) is 0 Å². The molecule has 0 spiro atoms. The third-order valence-corrected chi connectivity index (χ3v) is 1.56. The Morgan fingerprint density at radius 3 is 2.82 bits per heavy atom. The van der Waals surface area contributed by atoms with Gasteiger partial charge in [0.05, 0.1) is 13.7 Å². The molecule has 0 amide bonds. The molecule has 11 heavy (non-hydrogen) atoms. The van der Waals surface area contributed by atoms with Gasteiger partial charge in [0.25, 0.3) is 0 Å². The molecule has 60 valence electrons. The van der Waals surface area contributed by atoms with Crippen molar-refractivity contribution in [1.82, 2.24) is 0 Å². The Labute approximate surface area is 67.2 Å². The second-order valence-corrected chi connectivity index (χ2v) is 2.30. The van der Waals surface area contributed by atoms with E-state index < -0.39 is 0 Å². The molecular formula is C9H13NO. The van der Waals surface area contributed by atoms with Crippen LogP contribution < -0.4 is 10.1 Å². The number of rotatable bonds is 3. The maximum absolute atomic E-state index is 5.15. The Hall–Kier alpha value is -1.02.